The molecule has 0 bridgehead atoms. The van der Waals surface area contributed by atoms with E-state index >= 15 is 0 Å². The van der Waals surface area contributed by atoms with Crippen LogP contribution >= 0.6 is 0 Å². The number of ether oxygens (including phenoxy) is 2. The third-order valence-electron chi connectivity index (χ3n) is 4.89. The minimum Gasteiger partial charge on any atom is -0.484 e. The molecule has 0 amide bonds. The molecule has 0 fully saturated rings. The number of cyclic esters (lactones) is 1. The Morgan fingerprint density at radius 3 is 2.52 bits per heavy atom. The second-order valence-electron chi connectivity index (χ2n) is 7.52. The summed E-state index contributed by atoms with van der Waals surface area (Å²) >= 11 is 0. The molecule has 25 heavy (non-hydrogen) atoms. The Balaban J connectivity index is 1.81. The molecule has 5 nitrogen and oxygen atoms in total. The van der Waals surface area contributed by atoms with Crippen LogP contribution in [0.4, 0.5) is 0 Å². The highest BCUT2D eigenvalue weighted by Crippen LogP contribution is 2.31. The predicted octanol–water partition coefficient (Wildman–Crippen LogP) is 3.23. The van der Waals surface area contributed by atoms with Crippen LogP contribution in [0.3, 0.4) is 0 Å². The number of aliphatic hydroxyl groups is 1. The van der Waals surface area contributed by atoms with Gasteiger partial charge in [0.25, 0.3) is 0 Å². The van der Waals surface area contributed by atoms with Gasteiger partial charge < -0.3 is 14.6 Å². The zero-order valence-corrected chi connectivity index (χ0v) is 15.7. The number of esters is 1. The molecule has 0 aliphatic carbocycles. The van der Waals surface area contributed by atoms with Crippen molar-refractivity contribution < 1.29 is 24.2 Å². The summed E-state index contributed by atoms with van der Waals surface area (Å²) in [5, 5.41) is 10.3. The molecule has 0 spiro atoms. The van der Waals surface area contributed by atoms with Crippen LogP contribution in [-0.2, 0) is 19.1 Å². The van der Waals surface area contributed by atoms with E-state index in [0.717, 1.165) is 17.6 Å². The average molecular weight is 348 g/mol. The van der Waals surface area contributed by atoms with Crippen molar-refractivity contribution in [2.75, 3.05) is 0 Å². The predicted molar refractivity (Wildman–Crippen MR) is 94.7 cm³/mol. The summed E-state index contributed by atoms with van der Waals surface area (Å²) in [6.07, 6.45) is 6.09. The van der Waals surface area contributed by atoms with E-state index in [9.17, 15) is 14.7 Å². The largest absolute Gasteiger partial charge is 0.484 e. The maximum Gasteiger partial charge on any atom is 0.331 e. The molecule has 0 radical (unpaired) electrons. The number of ketones is 1. The Hall–Kier alpha value is -1.88. The van der Waals surface area contributed by atoms with Gasteiger partial charge in [-0.1, -0.05) is 13.0 Å². The smallest absolute Gasteiger partial charge is 0.331 e. The Kier molecular flexibility index (Phi) is 5.88. The summed E-state index contributed by atoms with van der Waals surface area (Å²) in [6, 6.07) is 0. The summed E-state index contributed by atoms with van der Waals surface area (Å²) in [7, 11) is 0. The molecule has 2 rings (SSSR count). The maximum atomic E-state index is 11.8. The molecule has 0 saturated heterocycles. The van der Waals surface area contributed by atoms with Gasteiger partial charge in [-0.3, -0.25) is 4.79 Å². The first-order valence-electron chi connectivity index (χ1n) is 8.78. The first-order valence-corrected chi connectivity index (χ1v) is 8.78. The van der Waals surface area contributed by atoms with E-state index in [0.29, 0.717) is 18.6 Å². The lowest BCUT2D eigenvalue weighted by atomic mass is 9.96. The minimum atomic E-state index is -0.776. The first-order chi connectivity index (χ1) is 11.6. The summed E-state index contributed by atoms with van der Waals surface area (Å²) in [4.78, 5) is 23.0. The van der Waals surface area contributed by atoms with Crippen LogP contribution in [0.2, 0.25) is 0 Å². The fraction of sp³-hybridized carbons (Fsp3) is 0.600. The summed E-state index contributed by atoms with van der Waals surface area (Å²) in [5.74, 6) is 0.461. The lowest BCUT2D eigenvalue weighted by Crippen LogP contribution is -2.28. The zero-order valence-electron chi connectivity index (χ0n) is 15.7. The number of carbonyl (C=O) groups excluding carboxylic acids is 2. The number of rotatable bonds is 7. The SMILES string of the molecule is CC(=CCC1OC(=O)C=C1C)C(O)CCC(C)C1=CC(=O)C(C)(C)O1. The van der Waals surface area contributed by atoms with Gasteiger partial charge in [0.15, 0.2) is 5.60 Å². The standard InChI is InChI=1S/C20H28O5/c1-12(7-9-16-14(3)10-19(23)24-16)15(21)8-6-13(2)17-11-18(22)20(4,5)25-17/h7,10-11,13,15-16,21H,6,8-9H2,1-5H3. The van der Waals surface area contributed by atoms with Gasteiger partial charge in [-0.25, -0.2) is 4.79 Å². The van der Waals surface area contributed by atoms with Gasteiger partial charge in [0.1, 0.15) is 11.9 Å². The van der Waals surface area contributed by atoms with Crippen molar-refractivity contribution in [2.45, 2.75) is 71.7 Å². The number of hydrogen-bond acceptors (Lipinski definition) is 5. The molecule has 5 heteroatoms. The summed E-state index contributed by atoms with van der Waals surface area (Å²) in [5.41, 5.74) is 0.998. The normalized spacial score (nSPS) is 25.2. The lowest BCUT2D eigenvalue weighted by molar-refractivity contribution is -0.138. The van der Waals surface area contributed by atoms with Crippen molar-refractivity contribution in [3.8, 4) is 0 Å². The fourth-order valence-electron chi connectivity index (χ4n) is 2.91. The van der Waals surface area contributed by atoms with Gasteiger partial charge in [0.05, 0.1) is 6.10 Å². The number of aliphatic hydroxyl groups excluding tert-OH is 1. The summed E-state index contributed by atoms with van der Waals surface area (Å²) < 4.78 is 10.9. The molecular weight excluding hydrogens is 320 g/mol. The third-order valence-corrected chi connectivity index (χ3v) is 4.89. The van der Waals surface area contributed by atoms with E-state index in [2.05, 4.69) is 0 Å². The molecule has 3 atom stereocenters. The Morgan fingerprint density at radius 2 is 2.00 bits per heavy atom. The highest BCUT2D eigenvalue weighted by molar-refractivity contribution is 5.98. The van der Waals surface area contributed by atoms with Crippen molar-refractivity contribution in [3.63, 3.8) is 0 Å². The molecule has 1 N–H and O–H groups in total. The van der Waals surface area contributed by atoms with Crippen molar-refractivity contribution in [2.24, 2.45) is 5.92 Å². The topological polar surface area (TPSA) is 72.8 Å². The van der Waals surface area contributed by atoms with Crippen LogP contribution in [0.15, 0.2) is 35.1 Å². The van der Waals surface area contributed by atoms with E-state index in [1.807, 2.05) is 26.8 Å². The van der Waals surface area contributed by atoms with Gasteiger partial charge >= 0.3 is 5.97 Å². The molecule has 2 aliphatic rings. The lowest BCUT2D eigenvalue weighted by Gasteiger charge is -2.22. The van der Waals surface area contributed by atoms with Gasteiger partial charge in [-0.15, -0.1) is 0 Å². The van der Waals surface area contributed by atoms with Crippen LogP contribution in [0.5, 0.6) is 0 Å². The zero-order chi connectivity index (χ0) is 18.8. The van der Waals surface area contributed by atoms with Crippen molar-refractivity contribution in [1.82, 2.24) is 0 Å². The quantitative estimate of drug-likeness (QED) is 0.565. The molecule has 0 saturated carbocycles. The van der Waals surface area contributed by atoms with Crippen LogP contribution in [0.1, 0.15) is 53.9 Å². The van der Waals surface area contributed by atoms with E-state index in [4.69, 9.17) is 9.47 Å². The Bertz CT molecular complexity index is 638. The van der Waals surface area contributed by atoms with E-state index in [1.54, 1.807) is 19.9 Å². The van der Waals surface area contributed by atoms with Gasteiger partial charge in [-0.2, -0.15) is 0 Å². The van der Waals surface area contributed by atoms with Gasteiger partial charge in [-0.05, 0) is 51.7 Å². The van der Waals surface area contributed by atoms with E-state index in [1.165, 1.54) is 6.08 Å². The first kappa shape index (κ1) is 19.4. The minimum absolute atomic E-state index is 0.0134. The molecule has 3 unspecified atom stereocenters. The summed E-state index contributed by atoms with van der Waals surface area (Å²) in [6.45, 7) is 9.27. The number of carbonyl (C=O) groups is 2. The Morgan fingerprint density at radius 1 is 1.32 bits per heavy atom. The molecular formula is C20H28O5. The van der Waals surface area contributed by atoms with E-state index < -0.39 is 11.7 Å². The van der Waals surface area contributed by atoms with Gasteiger partial charge in [0.2, 0.25) is 5.78 Å². The molecule has 138 valence electrons. The van der Waals surface area contributed by atoms with Crippen LogP contribution in [0, 0.1) is 5.92 Å². The van der Waals surface area contributed by atoms with Crippen molar-refractivity contribution in [1.29, 1.82) is 0 Å². The fourth-order valence-corrected chi connectivity index (χ4v) is 2.91. The second-order valence-corrected chi connectivity index (χ2v) is 7.52. The molecule has 0 aromatic carbocycles. The molecule has 2 heterocycles. The van der Waals surface area contributed by atoms with Gasteiger partial charge in [0, 0.05) is 24.5 Å². The monoisotopic (exact) mass is 348 g/mol. The highest BCUT2D eigenvalue weighted by atomic mass is 16.5. The van der Waals surface area contributed by atoms with Crippen molar-refractivity contribution in [3.05, 3.63) is 35.1 Å². The number of hydrogen-bond donors (Lipinski definition) is 1. The molecule has 0 aromatic rings. The number of allylic oxidation sites excluding steroid dienone is 1. The molecule has 0 aromatic heterocycles. The van der Waals surface area contributed by atoms with Crippen molar-refractivity contribution >= 4 is 11.8 Å². The third kappa shape index (κ3) is 4.82. The van der Waals surface area contributed by atoms with Crippen LogP contribution in [-0.4, -0.2) is 34.7 Å². The average Bonchev–Trinajstić information content (AvgIpc) is 3.00. The highest BCUT2D eigenvalue weighted by Gasteiger charge is 2.36. The van der Waals surface area contributed by atoms with Crippen LogP contribution in [0.25, 0.3) is 0 Å². The molecule has 2 aliphatic heterocycles. The van der Waals surface area contributed by atoms with Crippen LogP contribution < -0.4 is 0 Å². The maximum absolute atomic E-state index is 11.8. The second kappa shape index (κ2) is 7.56. The Labute approximate surface area is 149 Å². The van der Waals surface area contributed by atoms with E-state index in [-0.39, 0.29) is 23.8 Å².